The van der Waals surface area contributed by atoms with Gasteiger partial charge in [-0.2, -0.15) is 0 Å². The first-order valence-electron chi connectivity index (χ1n) is 8.71. The van der Waals surface area contributed by atoms with E-state index in [-0.39, 0.29) is 0 Å². The van der Waals surface area contributed by atoms with Crippen LogP contribution in [0.4, 0.5) is 5.69 Å². The molecule has 0 bridgehead atoms. The van der Waals surface area contributed by atoms with Crippen molar-refractivity contribution >= 4 is 17.5 Å². The van der Waals surface area contributed by atoms with Crippen LogP contribution < -0.4 is 15.5 Å². The van der Waals surface area contributed by atoms with E-state index in [1.54, 1.807) is 6.08 Å². The third-order valence-corrected chi connectivity index (χ3v) is 4.20. The lowest BCUT2D eigenvalue weighted by atomic mass is 10.1. The zero-order chi connectivity index (χ0) is 17.2. The Balaban J connectivity index is 1.68. The molecule has 5 nitrogen and oxygen atoms in total. The molecule has 0 unspecified atom stereocenters. The minimum absolute atomic E-state index is 0.301. The zero-order valence-electron chi connectivity index (χ0n) is 14.2. The van der Waals surface area contributed by atoms with Gasteiger partial charge in [0, 0.05) is 31.9 Å². The first-order valence-corrected chi connectivity index (χ1v) is 8.71. The molecule has 1 aliphatic rings. The van der Waals surface area contributed by atoms with Crippen LogP contribution in [0.3, 0.4) is 0 Å². The van der Waals surface area contributed by atoms with E-state index >= 15 is 0 Å². The number of rotatable bonds is 7. The van der Waals surface area contributed by atoms with E-state index in [1.165, 1.54) is 30.5 Å². The fourth-order valence-corrected chi connectivity index (χ4v) is 2.85. The second kappa shape index (κ2) is 9.75. The summed E-state index contributed by atoms with van der Waals surface area (Å²) >= 11 is 0. The summed E-state index contributed by atoms with van der Waals surface area (Å²) in [7, 11) is 0. The summed E-state index contributed by atoms with van der Waals surface area (Å²) < 4.78 is 0. The Morgan fingerprint density at radius 2 is 1.71 bits per heavy atom. The molecule has 0 aliphatic carbocycles. The fourth-order valence-electron chi connectivity index (χ4n) is 2.85. The maximum Gasteiger partial charge on any atom is 0.309 e. The standard InChI is InChI=1S/C19H27N3O2/c1-2-12-20-18(23)19(24)21-13-6-7-16-8-10-17(11-9-16)22-14-4-3-5-15-22/h2,8-11H,1,3-7,12-15H2,(H,20,23)(H,21,24). The molecule has 2 N–H and O–H groups in total. The molecule has 2 amide bonds. The van der Waals surface area contributed by atoms with Gasteiger partial charge < -0.3 is 15.5 Å². The van der Waals surface area contributed by atoms with Crippen molar-refractivity contribution in [1.82, 2.24) is 10.6 Å². The molecule has 0 radical (unpaired) electrons. The van der Waals surface area contributed by atoms with Crippen molar-refractivity contribution in [3.05, 3.63) is 42.5 Å². The summed E-state index contributed by atoms with van der Waals surface area (Å²) in [5.74, 6) is -1.20. The lowest BCUT2D eigenvalue weighted by molar-refractivity contribution is -0.139. The number of hydrogen-bond acceptors (Lipinski definition) is 3. The summed E-state index contributed by atoms with van der Waals surface area (Å²) in [5, 5.41) is 5.09. The first-order chi connectivity index (χ1) is 11.7. The third-order valence-electron chi connectivity index (χ3n) is 4.20. The smallest absolute Gasteiger partial charge is 0.309 e. The highest BCUT2D eigenvalue weighted by atomic mass is 16.2. The number of amides is 2. The number of benzene rings is 1. The summed E-state index contributed by atoms with van der Waals surface area (Å²) in [6.07, 6.45) is 7.13. The molecule has 1 aliphatic heterocycles. The van der Waals surface area contributed by atoms with E-state index in [0.717, 1.165) is 25.9 Å². The van der Waals surface area contributed by atoms with Gasteiger partial charge in [-0.05, 0) is 49.8 Å². The molecule has 1 heterocycles. The molecule has 2 rings (SSSR count). The predicted molar refractivity (Wildman–Crippen MR) is 97.0 cm³/mol. The highest BCUT2D eigenvalue weighted by Crippen LogP contribution is 2.20. The van der Waals surface area contributed by atoms with Gasteiger partial charge in [-0.3, -0.25) is 9.59 Å². The monoisotopic (exact) mass is 329 g/mol. The van der Waals surface area contributed by atoms with Crippen molar-refractivity contribution in [2.24, 2.45) is 0 Å². The lowest BCUT2D eigenvalue weighted by Crippen LogP contribution is -2.40. The molecule has 0 spiro atoms. The number of carbonyl (C=O) groups excluding carboxylic acids is 2. The molecule has 0 aromatic heterocycles. The number of nitrogens with zero attached hydrogens (tertiary/aromatic N) is 1. The summed E-state index contributed by atoms with van der Waals surface area (Å²) in [6.45, 7) is 6.59. The molecule has 1 aromatic rings. The number of hydrogen-bond donors (Lipinski definition) is 2. The molecule has 1 fully saturated rings. The first kappa shape index (κ1) is 18.0. The van der Waals surface area contributed by atoms with Crippen LogP contribution in [0, 0.1) is 0 Å². The Hall–Kier alpha value is -2.30. The third kappa shape index (κ3) is 5.72. The van der Waals surface area contributed by atoms with Crippen LogP contribution in [-0.2, 0) is 16.0 Å². The van der Waals surface area contributed by atoms with E-state index < -0.39 is 11.8 Å². The molecule has 1 aromatic carbocycles. The van der Waals surface area contributed by atoms with E-state index in [4.69, 9.17) is 0 Å². The Bertz CT molecular complexity index is 548. The zero-order valence-corrected chi connectivity index (χ0v) is 14.2. The largest absolute Gasteiger partial charge is 0.372 e. The second-order valence-electron chi connectivity index (χ2n) is 6.07. The van der Waals surface area contributed by atoms with E-state index in [9.17, 15) is 9.59 Å². The van der Waals surface area contributed by atoms with Gasteiger partial charge in [-0.15, -0.1) is 6.58 Å². The fraction of sp³-hybridized carbons (Fsp3) is 0.474. The number of anilines is 1. The molecule has 1 saturated heterocycles. The SMILES string of the molecule is C=CCNC(=O)C(=O)NCCCc1ccc(N2CCCCC2)cc1. The van der Waals surface area contributed by atoms with Crippen molar-refractivity contribution in [3.8, 4) is 0 Å². The summed E-state index contributed by atoms with van der Waals surface area (Å²) in [6, 6.07) is 8.68. The Labute approximate surface area is 144 Å². The van der Waals surface area contributed by atoms with Crippen molar-refractivity contribution in [1.29, 1.82) is 0 Å². The van der Waals surface area contributed by atoms with Crippen LogP contribution in [0.5, 0.6) is 0 Å². The average Bonchev–Trinajstić information content (AvgIpc) is 2.64. The Morgan fingerprint density at radius 1 is 1.04 bits per heavy atom. The minimum atomic E-state index is -0.610. The van der Waals surface area contributed by atoms with Crippen molar-refractivity contribution < 1.29 is 9.59 Å². The van der Waals surface area contributed by atoms with Crippen molar-refractivity contribution in [2.75, 3.05) is 31.1 Å². The minimum Gasteiger partial charge on any atom is -0.372 e. The average molecular weight is 329 g/mol. The molecular formula is C19H27N3O2. The van der Waals surface area contributed by atoms with Crippen LogP contribution in [0.25, 0.3) is 0 Å². The lowest BCUT2D eigenvalue weighted by Gasteiger charge is -2.28. The van der Waals surface area contributed by atoms with Gasteiger partial charge in [0.2, 0.25) is 0 Å². The van der Waals surface area contributed by atoms with Crippen molar-refractivity contribution in [3.63, 3.8) is 0 Å². The van der Waals surface area contributed by atoms with Gasteiger partial charge >= 0.3 is 11.8 Å². The van der Waals surface area contributed by atoms with Gasteiger partial charge in [0.15, 0.2) is 0 Å². The quantitative estimate of drug-likeness (QED) is 0.457. The highest BCUT2D eigenvalue weighted by molar-refractivity contribution is 6.35. The molecule has 0 saturated carbocycles. The normalized spacial score (nSPS) is 14.1. The molecular weight excluding hydrogens is 302 g/mol. The van der Waals surface area contributed by atoms with Crippen LogP contribution in [0.15, 0.2) is 36.9 Å². The molecule has 130 valence electrons. The number of piperidine rings is 1. The van der Waals surface area contributed by atoms with Gasteiger partial charge in [-0.25, -0.2) is 0 Å². The van der Waals surface area contributed by atoms with Crippen LogP contribution in [0.2, 0.25) is 0 Å². The topological polar surface area (TPSA) is 61.4 Å². The van der Waals surface area contributed by atoms with Gasteiger partial charge in [0.25, 0.3) is 0 Å². The maximum atomic E-state index is 11.5. The van der Waals surface area contributed by atoms with Crippen LogP contribution in [-0.4, -0.2) is 38.0 Å². The maximum absolute atomic E-state index is 11.5. The number of carbonyl (C=O) groups is 2. The van der Waals surface area contributed by atoms with E-state index in [0.29, 0.717) is 13.1 Å². The van der Waals surface area contributed by atoms with E-state index in [2.05, 4.69) is 46.4 Å². The number of aryl methyl sites for hydroxylation is 1. The molecule has 5 heteroatoms. The van der Waals surface area contributed by atoms with Crippen molar-refractivity contribution in [2.45, 2.75) is 32.1 Å². The van der Waals surface area contributed by atoms with Crippen LogP contribution >= 0.6 is 0 Å². The Kier molecular flexibility index (Phi) is 7.33. The second-order valence-corrected chi connectivity index (χ2v) is 6.07. The van der Waals surface area contributed by atoms with Gasteiger partial charge in [0.1, 0.15) is 0 Å². The Morgan fingerprint density at radius 3 is 2.38 bits per heavy atom. The predicted octanol–water partition coefficient (Wildman–Crippen LogP) is 2.03. The van der Waals surface area contributed by atoms with Gasteiger partial charge in [0.05, 0.1) is 0 Å². The highest BCUT2D eigenvalue weighted by Gasteiger charge is 2.12. The van der Waals surface area contributed by atoms with Gasteiger partial charge in [-0.1, -0.05) is 18.2 Å². The van der Waals surface area contributed by atoms with Crippen LogP contribution in [0.1, 0.15) is 31.2 Å². The molecule has 24 heavy (non-hydrogen) atoms. The molecule has 0 atom stereocenters. The summed E-state index contributed by atoms with van der Waals surface area (Å²) in [5.41, 5.74) is 2.55. The summed E-state index contributed by atoms with van der Waals surface area (Å²) in [4.78, 5) is 25.3. The van der Waals surface area contributed by atoms with E-state index in [1.807, 2.05) is 0 Å². The number of nitrogens with one attached hydrogen (secondary N) is 2.